The second-order valence-corrected chi connectivity index (χ2v) is 10.5. The lowest BCUT2D eigenvalue weighted by Gasteiger charge is -2.19. The van der Waals surface area contributed by atoms with Crippen LogP contribution in [0.4, 0.5) is 4.79 Å². The summed E-state index contributed by atoms with van der Waals surface area (Å²) in [6, 6.07) is 21.1. The van der Waals surface area contributed by atoms with E-state index >= 15 is 0 Å². The standard InChI is InChI=1S/C27H25N5O5S/c1-18-3-10-22(11-4-18)38(35,36)31(27(33)34)16-14-19-5-7-20(8-6-19)32-25-12-9-21(37-2)17-24(25)29-26(32)23-13-15-28-30-23/h3-13,15,17H,14,16H2,1-2H3,(H,28,30)(H,33,34). The van der Waals surface area contributed by atoms with Gasteiger partial charge in [0.2, 0.25) is 0 Å². The monoisotopic (exact) mass is 531 g/mol. The summed E-state index contributed by atoms with van der Waals surface area (Å²) in [7, 11) is -2.59. The molecule has 0 bridgehead atoms. The third-order valence-electron chi connectivity index (χ3n) is 6.22. The normalized spacial score (nSPS) is 11.5. The summed E-state index contributed by atoms with van der Waals surface area (Å²) in [6.07, 6.45) is 0.348. The van der Waals surface area contributed by atoms with E-state index in [0.29, 0.717) is 15.9 Å². The second-order valence-electron chi connectivity index (χ2n) is 8.69. The fraction of sp³-hybridized carbons (Fsp3) is 0.148. The maximum atomic E-state index is 13.0. The number of amides is 1. The van der Waals surface area contributed by atoms with Crippen molar-refractivity contribution in [2.45, 2.75) is 18.2 Å². The van der Waals surface area contributed by atoms with Crippen molar-refractivity contribution < 1.29 is 23.1 Å². The number of hydrogen-bond acceptors (Lipinski definition) is 6. The molecule has 0 aliphatic carbocycles. The molecule has 0 aliphatic rings. The third kappa shape index (κ3) is 4.71. The smallest absolute Gasteiger partial charge is 0.421 e. The van der Waals surface area contributed by atoms with Gasteiger partial charge in [0, 0.05) is 24.5 Å². The summed E-state index contributed by atoms with van der Waals surface area (Å²) in [6.45, 7) is 1.62. The van der Waals surface area contributed by atoms with Gasteiger partial charge in [-0.2, -0.15) is 5.10 Å². The number of aryl methyl sites for hydroxylation is 1. The van der Waals surface area contributed by atoms with E-state index in [-0.39, 0.29) is 17.9 Å². The van der Waals surface area contributed by atoms with Crippen molar-refractivity contribution in [1.29, 1.82) is 0 Å². The Balaban J connectivity index is 1.43. The zero-order chi connectivity index (χ0) is 26.9. The van der Waals surface area contributed by atoms with E-state index in [4.69, 9.17) is 9.72 Å². The summed E-state index contributed by atoms with van der Waals surface area (Å²) >= 11 is 0. The Bertz CT molecular complexity index is 1690. The fourth-order valence-corrected chi connectivity index (χ4v) is 5.48. The molecule has 2 aromatic heterocycles. The maximum absolute atomic E-state index is 13.0. The lowest BCUT2D eigenvalue weighted by atomic mass is 10.1. The topological polar surface area (TPSA) is 130 Å². The van der Waals surface area contributed by atoms with Gasteiger partial charge in [-0.15, -0.1) is 0 Å². The molecule has 11 heteroatoms. The van der Waals surface area contributed by atoms with Crippen LogP contribution in [0.3, 0.4) is 0 Å². The third-order valence-corrected chi connectivity index (χ3v) is 8.01. The number of carbonyl (C=O) groups is 1. The molecule has 0 unspecified atom stereocenters. The van der Waals surface area contributed by atoms with E-state index in [2.05, 4.69) is 10.2 Å². The number of fused-ring (bicyclic) bond motifs is 1. The van der Waals surface area contributed by atoms with Crippen LogP contribution in [0.5, 0.6) is 5.75 Å². The summed E-state index contributed by atoms with van der Waals surface area (Å²) in [5, 5.41) is 16.7. The molecule has 10 nitrogen and oxygen atoms in total. The lowest BCUT2D eigenvalue weighted by molar-refractivity contribution is 0.172. The van der Waals surface area contributed by atoms with Gasteiger partial charge in [-0.05, 0) is 61.4 Å². The molecule has 0 radical (unpaired) electrons. The number of rotatable bonds is 8. The van der Waals surface area contributed by atoms with Gasteiger partial charge in [-0.1, -0.05) is 29.8 Å². The average Bonchev–Trinajstić information content (AvgIpc) is 3.57. The largest absolute Gasteiger partial charge is 0.497 e. The Labute approximate surface area is 219 Å². The molecule has 3 aromatic carbocycles. The van der Waals surface area contributed by atoms with Gasteiger partial charge in [-0.25, -0.2) is 22.5 Å². The molecule has 0 saturated carbocycles. The number of aromatic nitrogens is 4. The van der Waals surface area contributed by atoms with Gasteiger partial charge >= 0.3 is 6.09 Å². The maximum Gasteiger partial charge on any atom is 0.421 e. The second kappa shape index (κ2) is 10.0. The Morgan fingerprint density at radius 1 is 1.05 bits per heavy atom. The Morgan fingerprint density at radius 3 is 2.42 bits per heavy atom. The number of nitrogens with zero attached hydrogens (tertiary/aromatic N) is 4. The molecule has 1 amide bonds. The first-order chi connectivity index (χ1) is 18.3. The number of benzene rings is 3. The number of H-pyrrole nitrogens is 1. The van der Waals surface area contributed by atoms with Crippen LogP contribution < -0.4 is 4.74 Å². The van der Waals surface area contributed by atoms with Crippen LogP contribution in [0.15, 0.2) is 83.9 Å². The van der Waals surface area contributed by atoms with Crippen molar-refractivity contribution in [3.63, 3.8) is 0 Å². The number of hydrogen-bond donors (Lipinski definition) is 2. The number of sulfonamides is 1. The van der Waals surface area contributed by atoms with Crippen molar-refractivity contribution in [1.82, 2.24) is 24.1 Å². The average molecular weight is 532 g/mol. The van der Waals surface area contributed by atoms with Gasteiger partial charge in [0.1, 0.15) is 11.4 Å². The van der Waals surface area contributed by atoms with Crippen LogP contribution in [0.25, 0.3) is 28.2 Å². The first-order valence-electron chi connectivity index (χ1n) is 11.8. The highest BCUT2D eigenvalue weighted by Gasteiger charge is 2.28. The highest BCUT2D eigenvalue weighted by molar-refractivity contribution is 7.89. The number of methoxy groups -OCH3 is 1. The Morgan fingerprint density at radius 2 is 1.79 bits per heavy atom. The van der Waals surface area contributed by atoms with Crippen LogP contribution in [-0.2, 0) is 16.4 Å². The van der Waals surface area contributed by atoms with E-state index < -0.39 is 16.1 Å². The van der Waals surface area contributed by atoms with Crippen molar-refractivity contribution in [2.75, 3.05) is 13.7 Å². The molecule has 38 heavy (non-hydrogen) atoms. The van der Waals surface area contributed by atoms with Crippen molar-refractivity contribution >= 4 is 27.1 Å². The van der Waals surface area contributed by atoms with E-state index in [1.807, 2.05) is 60.0 Å². The number of carboxylic acid groups (broad SMARTS) is 1. The molecule has 5 aromatic rings. The molecular weight excluding hydrogens is 506 g/mol. The molecule has 5 rings (SSSR count). The molecule has 0 fully saturated rings. The lowest BCUT2D eigenvalue weighted by Crippen LogP contribution is -2.37. The highest BCUT2D eigenvalue weighted by Crippen LogP contribution is 2.30. The van der Waals surface area contributed by atoms with Crippen molar-refractivity contribution in [3.05, 3.63) is 90.1 Å². The number of aromatic amines is 1. The summed E-state index contributed by atoms with van der Waals surface area (Å²) < 4.78 is 33.7. The quantitative estimate of drug-likeness (QED) is 0.298. The molecule has 0 atom stereocenters. The van der Waals surface area contributed by atoms with Gasteiger partial charge in [-0.3, -0.25) is 9.67 Å². The Kier molecular flexibility index (Phi) is 6.60. The molecule has 0 saturated heterocycles. The first-order valence-corrected chi connectivity index (χ1v) is 13.2. The van der Waals surface area contributed by atoms with Crippen molar-refractivity contribution in [3.8, 4) is 23.0 Å². The van der Waals surface area contributed by atoms with Gasteiger partial charge < -0.3 is 9.84 Å². The predicted molar refractivity (Wildman–Crippen MR) is 142 cm³/mol. The van der Waals surface area contributed by atoms with E-state index in [0.717, 1.165) is 33.5 Å². The van der Waals surface area contributed by atoms with Crippen LogP contribution >= 0.6 is 0 Å². The number of imidazole rings is 1. The van der Waals surface area contributed by atoms with E-state index in [1.54, 1.807) is 25.4 Å². The van der Waals surface area contributed by atoms with E-state index in [1.165, 1.54) is 12.1 Å². The van der Waals surface area contributed by atoms with Crippen LogP contribution in [0.1, 0.15) is 11.1 Å². The SMILES string of the molecule is COc1ccc2c(c1)nc(-c1ccn[nH]1)n2-c1ccc(CCN(C(=O)O)S(=O)(=O)c2ccc(C)cc2)cc1. The Hall–Kier alpha value is -4.64. The van der Waals surface area contributed by atoms with E-state index in [9.17, 15) is 18.3 Å². The highest BCUT2D eigenvalue weighted by atomic mass is 32.2. The van der Waals surface area contributed by atoms with Crippen LogP contribution in [0.2, 0.25) is 0 Å². The summed E-state index contributed by atoms with van der Waals surface area (Å²) in [5.74, 6) is 1.36. The molecule has 2 N–H and O–H groups in total. The summed E-state index contributed by atoms with van der Waals surface area (Å²) in [4.78, 5) is 16.6. The molecular formula is C27H25N5O5S. The summed E-state index contributed by atoms with van der Waals surface area (Å²) in [5.41, 5.74) is 4.84. The van der Waals surface area contributed by atoms with Gasteiger partial charge in [0.15, 0.2) is 5.82 Å². The minimum absolute atomic E-state index is 0.0594. The minimum Gasteiger partial charge on any atom is -0.497 e. The molecule has 0 spiro atoms. The van der Waals surface area contributed by atoms with Crippen molar-refractivity contribution in [2.24, 2.45) is 0 Å². The van der Waals surface area contributed by atoms with Crippen LogP contribution in [0, 0.1) is 6.92 Å². The molecule has 2 heterocycles. The van der Waals surface area contributed by atoms with Gasteiger partial charge in [0.05, 0.1) is 23.0 Å². The zero-order valence-electron chi connectivity index (χ0n) is 20.7. The first kappa shape index (κ1) is 25.0. The zero-order valence-corrected chi connectivity index (χ0v) is 21.5. The molecule has 194 valence electrons. The minimum atomic E-state index is -4.19. The fourth-order valence-electron chi connectivity index (χ4n) is 4.21. The number of ether oxygens (including phenoxy) is 1. The predicted octanol–water partition coefficient (Wildman–Crippen LogP) is 4.64. The number of nitrogens with one attached hydrogen (secondary N) is 1. The van der Waals surface area contributed by atoms with Crippen LogP contribution in [-0.4, -0.2) is 57.3 Å². The van der Waals surface area contributed by atoms with Gasteiger partial charge in [0.25, 0.3) is 10.0 Å². The molecule has 0 aliphatic heterocycles.